The molecule has 0 aliphatic heterocycles. The number of hydrogen-bond donors (Lipinski definition) is 1. The molecular formula is C13H22ClN3. The highest BCUT2D eigenvalue weighted by Crippen LogP contribution is 2.22. The highest BCUT2D eigenvalue weighted by Gasteiger charge is 2.13. The van der Waals surface area contributed by atoms with Crippen LogP contribution in [0.1, 0.15) is 45.5 Å². The molecule has 96 valence electrons. The van der Waals surface area contributed by atoms with Gasteiger partial charge in [0.15, 0.2) is 0 Å². The van der Waals surface area contributed by atoms with Crippen LogP contribution in [0.25, 0.3) is 0 Å². The van der Waals surface area contributed by atoms with Crippen molar-refractivity contribution in [3.63, 3.8) is 0 Å². The van der Waals surface area contributed by atoms with E-state index >= 15 is 0 Å². The van der Waals surface area contributed by atoms with Gasteiger partial charge in [-0.1, -0.05) is 32.4 Å². The summed E-state index contributed by atoms with van der Waals surface area (Å²) in [6.07, 6.45) is 1.89. The van der Waals surface area contributed by atoms with Gasteiger partial charge in [-0.05, 0) is 26.2 Å². The maximum absolute atomic E-state index is 6.13. The minimum atomic E-state index is 0.370. The molecule has 0 aromatic carbocycles. The Morgan fingerprint density at radius 1 is 1.24 bits per heavy atom. The van der Waals surface area contributed by atoms with Gasteiger partial charge in [-0.2, -0.15) is 0 Å². The number of nitrogens with zero attached hydrogens (tertiary/aromatic N) is 2. The zero-order valence-corrected chi connectivity index (χ0v) is 12.1. The number of hydrogen-bond acceptors (Lipinski definition) is 3. The Balaban J connectivity index is 2.97. The Morgan fingerprint density at radius 3 is 2.41 bits per heavy atom. The summed E-state index contributed by atoms with van der Waals surface area (Å²) in [4.78, 5) is 8.83. The number of aryl methyl sites for hydroxylation is 1. The third kappa shape index (κ3) is 3.84. The SMILES string of the molecule is CCCc1nc(Cl)c(C)c(NC(C)C(C)C)n1. The van der Waals surface area contributed by atoms with Crippen LogP contribution in [0.15, 0.2) is 0 Å². The van der Waals surface area contributed by atoms with Crippen LogP contribution >= 0.6 is 11.6 Å². The summed E-state index contributed by atoms with van der Waals surface area (Å²) >= 11 is 6.13. The molecule has 0 bridgehead atoms. The van der Waals surface area contributed by atoms with Gasteiger partial charge in [0, 0.05) is 18.0 Å². The second-order valence-electron chi connectivity index (χ2n) is 4.83. The predicted octanol–water partition coefficient (Wildman–Crippen LogP) is 3.85. The van der Waals surface area contributed by atoms with E-state index in [1.54, 1.807) is 0 Å². The monoisotopic (exact) mass is 255 g/mol. The topological polar surface area (TPSA) is 37.8 Å². The van der Waals surface area contributed by atoms with Crippen LogP contribution in [0.3, 0.4) is 0 Å². The molecule has 1 aromatic heterocycles. The Labute approximate surface area is 109 Å². The molecule has 0 spiro atoms. The van der Waals surface area contributed by atoms with Crippen LogP contribution < -0.4 is 5.32 Å². The lowest BCUT2D eigenvalue weighted by Gasteiger charge is -2.20. The van der Waals surface area contributed by atoms with Crippen LogP contribution in [-0.4, -0.2) is 16.0 Å². The number of aromatic nitrogens is 2. The zero-order chi connectivity index (χ0) is 13.0. The van der Waals surface area contributed by atoms with Gasteiger partial charge < -0.3 is 5.32 Å². The molecule has 4 heteroatoms. The fourth-order valence-electron chi connectivity index (χ4n) is 1.39. The van der Waals surface area contributed by atoms with Crippen molar-refractivity contribution in [1.82, 2.24) is 9.97 Å². The highest BCUT2D eigenvalue weighted by molar-refractivity contribution is 6.30. The van der Waals surface area contributed by atoms with Gasteiger partial charge in [0.25, 0.3) is 0 Å². The Bertz CT molecular complexity index is 377. The maximum Gasteiger partial charge on any atom is 0.137 e. The molecule has 1 unspecified atom stereocenters. The second kappa shape index (κ2) is 6.20. The van der Waals surface area contributed by atoms with E-state index in [0.717, 1.165) is 30.0 Å². The van der Waals surface area contributed by atoms with Gasteiger partial charge in [0.05, 0.1) is 0 Å². The van der Waals surface area contributed by atoms with Crippen LogP contribution in [0.2, 0.25) is 5.15 Å². The second-order valence-corrected chi connectivity index (χ2v) is 5.19. The van der Waals surface area contributed by atoms with Crippen molar-refractivity contribution in [2.45, 2.75) is 53.5 Å². The van der Waals surface area contributed by atoms with E-state index in [1.807, 2.05) is 6.92 Å². The van der Waals surface area contributed by atoms with E-state index in [1.165, 1.54) is 0 Å². The summed E-state index contributed by atoms with van der Waals surface area (Å²) in [5.74, 6) is 2.24. The molecule has 0 radical (unpaired) electrons. The van der Waals surface area contributed by atoms with Gasteiger partial charge in [0.1, 0.15) is 16.8 Å². The molecule has 1 rings (SSSR count). The number of rotatable bonds is 5. The molecule has 0 saturated carbocycles. The summed E-state index contributed by atoms with van der Waals surface area (Å²) in [5.41, 5.74) is 0.930. The van der Waals surface area contributed by atoms with Crippen LogP contribution in [0.4, 0.5) is 5.82 Å². The van der Waals surface area contributed by atoms with Crippen molar-refractivity contribution in [1.29, 1.82) is 0 Å². The summed E-state index contributed by atoms with van der Waals surface area (Å²) < 4.78 is 0. The van der Waals surface area contributed by atoms with Crippen LogP contribution in [0, 0.1) is 12.8 Å². The summed E-state index contributed by atoms with van der Waals surface area (Å²) in [5, 5.41) is 3.97. The van der Waals surface area contributed by atoms with Gasteiger partial charge >= 0.3 is 0 Å². The Morgan fingerprint density at radius 2 is 1.88 bits per heavy atom. The first-order valence-electron chi connectivity index (χ1n) is 6.25. The molecule has 17 heavy (non-hydrogen) atoms. The molecule has 1 aromatic rings. The van der Waals surface area contributed by atoms with Crippen molar-refractivity contribution in [2.75, 3.05) is 5.32 Å². The Hall–Kier alpha value is -0.830. The third-order valence-electron chi connectivity index (χ3n) is 2.97. The lowest BCUT2D eigenvalue weighted by molar-refractivity contribution is 0.557. The third-order valence-corrected chi connectivity index (χ3v) is 3.34. The summed E-state index contributed by atoms with van der Waals surface area (Å²) in [6.45, 7) is 10.6. The molecule has 0 amide bonds. The molecule has 0 fully saturated rings. The van der Waals surface area contributed by atoms with Gasteiger partial charge in [-0.3, -0.25) is 0 Å². The van der Waals surface area contributed by atoms with E-state index < -0.39 is 0 Å². The number of nitrogens with one attached hydrogen (secondary N) is 1. The first kappa shape index (κ1) is 14.2. The Kier molecular flexibility index (Phi) is 5.19. The minimum Gasteiger partial charge on any atom is -0.367 e. The summed E-state index contributed by atoms with van der Waals surface area (Å²) in [7, 11) is 0. The van der Waals surface area contributed by atoms with E-state index in [2.05, 4.69) is 43.0 Å². The van der Waals surface area contributed by atoms with Crippen molar-refractivity contribution in [2.24, 2.45) is 5.92 Å². The lowest BCUT2D eigenvalue weighted by Crippen LogP contribution is -2.23. The van der Waals surface area contributed by atoms with Gasteiger partial charge in [-0.15, -0.1) is 0 Å². The average Bonchev–Trinajstić information content (AvgIpc) is 2.25. The molecule has 0 aliphatic rings. The first-order chi connectivity index (χ1) is 7.95. The zero-order valence-electron chi connectivity index (χ0n) is 11.3. The fraction of sp³-hybridized carbons (Fsp3) is 0.692. The fourth-order valence-corrected chi connectivity index (χ4v) is 1.58. The van der Waals surface area contributed by atoms with Crippen molar-refractivity contribution >= 4 is 17.4 Å². The maximum atomic E-state index is 6.13. The molecular weight excluding hydrogens is 234 g/mol. The average molecular weight is 256 g/mol. The largest absolute Gasteiger partial charge is 0.367 e. The van der Waals surface area contributed by atoms with Crippen molar-refractivity contribution < 1.29 is 0 Å². The number of halogens is 1. The summed E-state index contributed by atoms with van der Waals surface area (Å²) in [6, 6.07) is 0.370. The van der Waals surface area contributed by atoms with Crippen molar-refractivity contribution in [3.05, 3.63) is 16.5 Å². The quantitative estimate of drug-likeness (QED) is 0.813. The van der Waals surface area contributed by atoms with E-state index in [4.69, 9.17) is 11.6 Å². The first-order valence-corrected chi connectivity index (χ1v) is 6.63. The molecule has 0 saturated heterocycles. The molecule has 1 atom stereocenters. The molecule has 3 nitrogen and oxygen atoms in total. The van der Waals surface area contributed by atoms with Crippen LogP contribution in [-0.2, 0) is 6.42 Å². The molecule has 1 heterocycles. The van der Waals surface area contributed by atoms with Crippen LogP contribution in [0.5, 0.6) is 0 Å². The molecule has 0 aliphatic carbocycles. The highest BCUT2D eigenvalue weighted by atomic mass is 35.5. The van der Waals surface area contributed by atoms with E-state index in [-0.39, 0.29) is 0 Å². The van der Waals surface area contributed by atoms with E-state index in [9.17, 15) is 0 Å². The predicted molar refractivity (Wildman–Crippen MR) is 73.7 cm³/mol. The normalized spacial score (nSPS) is 12.9. The van der Waals surface area contributed by atoms with E-state index in [0.29, 0.717) is 17.1 Å². The number of anilines is 1. The standard InChI is InChI=1S/C13H22ClN3/c1-6-7-11-16-12(14)9(4)13(17-11)15-10(5)8(2)3/h8,10H,6-7H2,1-5H3,(H,15,16,17). The smallest absolute Gasteiger partial charge is 0.137 e. The molecule has 1 N–H and O–H groups in total. The minimum absolute atomic E-state index is 0.370. The van der Waals surface area contributed by atoms with Gasteiger partial charge in [0.2, 0.25) is 0 Å². The lowest BCUT2D eigenvalue weighted by atomic mass is 10.1. The van der Waals surface area contributed by atoms with Gasteiger partial charge in [-0.25, -0.2) is 9.97 Å². The van der Waals surface area contributed by atoms with Crippen molar-refractivity contribution in [3.8, 4) is 0 Å².